The molecule has 1 aliphatic heterocycles. The van der Waals surface area contributed by atoms with Crippen LogP contribution in [-0.2, 0) is 10.0 Å². The molecule has 1 aromatic heterocycles. The van der Waals surface area contributed by atoms with Crippen LogP contribution in [0.25, 0.3) is 0 Å². The first-order valence-electron chi connectivity index (χ1n) is 5.80. The van der Waals surface area contributed by atoms with Gasteiger partial charge >= 0.3 is 5.97 Å². The second-order valence-electron chi connectivity index (χ2n) is 4.36. The predicted molar refractivity (Wildman–Crippen MR) is 76.6 cm³/mol. The largest absolute Gasteiger partial charge is 0.477 e. The smallest absolute Gasteiger partial charge is 0.345 e. The molecule has 0 bridgehead atoms. The lowest BCUT2D eigenvalue weighted by atomic mass is 10.2. The topological polar surface area (TPSA) is 74.7 Å². The van der Waals surface area contributed by atoms with Crippen molar-refractivity contribution in [1.82, 2.24) is 4.31 Å². The summed E-state index contributed by atoms with van der Waals surface area (Å²) in [7, 11) is -3.58. The number of hydrogen-bond donors (Lipinski definition) is 1. The van der Waals surface area contributed by atoms with E-state index in [1.807, 2.05) is 13.8 Å². The minimum atomic E-state index is -3.58. The molecular weight excluding hydrogens is 306 g/mol. The van der Waals surface area contributed by atoms with Gasteiger partial charge in [0.25, 0.3) is 10.0 Å². The number of rotatable bonds is 3. The number of hydrogen-bond acceptors (Lipinski definition) is 5. The van der Waals surface area contributed by atoms with Crippen molar-refractivity contribution in [3.05, 3.63) is 17.0 Å². The van der Waals surface area contributed by atoms with Gasteiger partial charge in [0.15, 0.2) is 0 Å². The first-order valence-corrected chi connectivity index (χ1v) is 9.11. The van der Waals surface area contributed by atoms with Crippen LogP contribution in [-0.4, -0.2) is 47.4 Å². The Hall–Kier alpha value is -0.570. The summed E-state index contributed by atoms with van der Waals surface area (Å²) in [5.74, 6) is -0.330. The van der Waals surface area contributed by atoms with Crippen molar-refractivity contribution >= 4 is 39.1 Å². The first-order chi connectivity index (χ1) is 8.84. The highest BCUT2D eigenvalue weighted by molar-refractivity contribution is 8.00. The lowest BCUT2D eigenvalue weighted by Crippen LogP contribution is -2.47. The summed E-state index contributed by atoms with van der Waals surface area (Å²) in [6.07, 6.45) is 0. The maximum atomic E-state index is 12.5. The molecule has 106 valence electrons. The van der Waals surface area contributed by atoms with Crippen LogP contribution in [0.5, 0.6) is 0 Å². The third-order valence-corrected chi connectivity index (χ3v) is 8.05. The van der Waals surface area contributed by atoms with Gasteiger partial charge in [-0.25, -0.2) is 13.2 Å². The van der Waals surface area contributed by atoms with Gasteiger partial charge in [-0.05, 0) is 19.1 Å². The summed E-state index contributed by atoms with van der Waals surface area (Å²) >= 11 is 2.56. The van der Waals surface area contributed by atoms with Gasteiger partial charge in [0.05, 0.1) is 0 Å². The highest BCUT2D eigenvalue weighted by atomic mass is 32.2. The van der Waals surface area contributed by atoms with Crippen LogP contribution in [0.3, 0.4) is 0 Å². The molecule has 0 saturated carbocycles. The molecule has 8 heteroatoms. The molecule has 2 atom stereocenters. The minimum absolute atomic E-state index is 0.0469. The van der Waals surface area contributed by atoms with Crippen molar-refractivity contribution in [2.75, 3.05) is 12.3 Å². The average Bonchev–Trinajstić information content (AvgIpc) is 2.82. The number of nitrogens with zero attached hydrogens (tertiary/aromatic N) is 1. The summed E-state index contributed by atoms with van der Waals surface area (Å²) in [5, 5.41) is 9.11. The van der Waals surface area contributed by atoms with E-state index in [0.717, 1.165) is 17.1 Å². The average molecular weight is 321 g/mol. The SMILES string of the molecule is CC1SCCN(S(=O)(=O)c2ccc(C(=O)O)s2)C1C. The van der Waals surface area contributed by atoms with Gasteiger partial charge in [-0.15, -0.1) is 11.3 Å². The van der Waals surface area contributed by atoms with Crippen LogP contribution in [0.2, 0.25) is 0 Å². The van der Waals surface area contributed by atoms with E-state index in [2.05, 4.69) is 0 Å². The van der Waals surface area contributed by atoms with Gasteiger partial charge in [-0.2, -0.15) is 16.1 Å². The molecule has 0 aliphatic carbocycles. The normalized spacial score (nSPS) is 25.4. The Morgan fingerprint density at radius 2 is 2.11 bits per heavy atom. The summed E-state index contributed by atoms with van der Waals surface area (Å²) < 4.78 is 26.6. The fourth-order valence-corrected chi connectivity index (χ4v) is 6.20. The lowest BCUT2D eigenvalue weighted by molar-refractivity contribution is 0.0702. The van der Waals surface area contributed by atoms with Gasteiger partial charge in [-0.3, -0.25) is 0 Å². The Morgan fingerprint density at radius 3 is 2.68 bits per heavy atom. The van der Waals surface area contributed by atoms with E-state index in [9.17, 15) is 13.2 Å². The second kappa shape index (κ2) is 5.43. The molecule has 1 N–H and O–H groups in total. The Labute approximate surface area is 120 Å². The van der Waals surface area contributed by atoms with E-state index < -0.39 is 16.0 Å². The zero-order valence-corrected chi connectivity index (χ0v) is 13.0. The number of carboxylic acid groups (broad SMARTS) is 1. The molecule has 1 saturated heterocycles. The van der Waals surface area contributed by atoms with E-state index >= 15 is 0 Å². The molecule has 2 unspecified atom stereocenters. The van der Waals surface area contributed by atoms with Crippen molar-refractivity contribution < 1.29 is 18.3 Å². The first kappa shape index (κ1) is 14.8. The molecule has 0 aromatic carbocycles. The number of aromatic carboxylic acids is 1. The molecule has 0 spiro atoms. The fraction of sp³-hybridized carbons (Fsp3) is 0.545. The Kier molecular flexibility index (Phi) is 4.24. The predicted octanol–water partition coefficient (Wildman–Crippen LogP) is 1.96. The van der Waals surface area contributed by atoms with Crippen LogP contribution in [0.1, 0.15) is 23.5 Å². The van der Waals surface area contributed by atoms with Gasteiger partial charge in [0.1, 0.15) is 9.09 Å². The van der Waals surface area contributed by atoms with Crippen molar-refractivity contribution in [3.63, 3.8) is 0 Å². The molecule has 0 amide bonds. The summed E-state index contributed by atoms with van der Waals surface area (Å²) in [6.45, 7) is 4.37. The second-order valence-corrected chi connectivity index (χ2v) is 9.04. The number of thiophene rings is 1. The summed E-state index contributed by atoms with van der Waals surface area (Å²) in [5.41, 5.74) is 0. The van der Waals surface area contributed by atoms with Crippen LogP contribution < -0.4 is 0 Å². The number of carboxylic acids is 1. The van der Waals surface area contributed by atoms with Gasteiger partial charge in [-0.1, -0.05) is 6.92 Å². The number of carbonyl (C=O) groups is 1. The Morgan fingerprint density at radius 1 is 1.42 bits per heavy atom. The molecule has 2 heterocycles. The van der Waals surface area contributed by atoms with E-state index in [1.165, 1.54) is 16.4 Å². The number of thioether (sulfide) groups is 1. The van der Waals surface area contributed by atoms with Crippen LogP contribution in [0.4, 0.5) is 0 Å². The molecule has 1 aliphatic rings. The molecule has 1 fully saturated rings. The molecule has 5 nitrogen and oxygen atoms in total. The quantitative estimate of drug-likeness (QED) is 0.921. The lowest BCUT2D eigenvalue weighted by Gasteiger charge is -2.35. The van der Waals surface area contributed by atoms with Gasteiger partial charge in [0.2, 0.25) is 0 Å². The maximum Gasteiger partial charge on any atom is 0.345 e. The van der Waals surface area contributed by atoms with Gasteiger partial charge in [0, 0.05) is 23.6 Å². The number of sulfonamides is 1. The third kappa shape index (κ3) is 2.81. The van der Waals surface area contributed by atoms with Crippen LogP contribution in [0.15, 0.2) is 16.3 Å². The van der Waals surface area contributed by atoms with Crippen molar-refractivity contribution in [2.45, 2.75) is 29.3 Å². The molecular formula is C11H15NO4S3. The maximum absolute atomic E-state index is 12.5. The Bertz CT molecular complexity index is 581. The fourth-order valence-electron chi connectivity index (χ4n) is 1.93. The van der Waals surface area contributed by atoms with Crippen molar-refractivity contribution in [3.8, 4) is 0 Å². The standard InChI is InChI=1S/C11H15NO4S3/c1-7-8(2)17-6-5-12(7)19(15,16)10-4-3-9(18-10)11(13)14/h3-4,7-8H,5-6H2,1-2H3,(H,13,14). The molecule has 0 radical (unpaired) electrons. The van der Waals surface area contributed by atoms with E-state index in [4.69, 9.17) is 5.11 Å². The van der Waals surface area contributed by atoms with E-state index in [1.54, 1.807) is 11.8 Å². The van der Waals surface area contributed by atoms with Crippen LogP contribution >= 0.6 is 23.1 Å². The zero-order valence-electron chi connectivity index (χ0n) is 10.6. The summed E-state index contributed by atoms with van der Waals surface area (Å²) in [6, 6.07) is 2.63. The van der Waals surface area contributed by atoms with Crippen molar-refractivity contribution in [2.24, 2.45) is 0 Å². The van der Waals surface area contributed by atoms with Gasteiger partial charge < -0.3 is 5.11 Å². The highest BCUT2D eigenvalue weighted by Crippen LogP contribution is 2.32. The molecule has 1 aromatic rings. The van der Waals surface area contributed by atoms with Crippen molar-refractivity contribution in [1.29, 1.82) is 0 Å². The van der Waals surface area contributed by atoms with E-state index in [-0.39, 0.29) is 20.4 Å². The van der Waals surface area contributed by atoms with Crippen LogP contribution in [0, 0.1) is 0 Å². The van der Waals surface area contributed by atoms with E-state index in [0.29, 0.717) is 6.54 Å². The highest BCUT2D eigenvalue weighted by Gasteiger charge is 2.35. The molecule has 2 rings (SSSR count). The Balaban J connectivity index is 2.33. The molecule has 19 heavy (non-hydrogen) atoms. The monoisotopic (exact) mass is 321 g/mol. The third-order valence-electron chi connectivity index (χ3n) is 3.18. The zero-order chi connectivity index (χ0) is 14.2. The summed E-state index contributed by atoms with van der Waals surface area (Å²) in [4.78, 5) is 10.9. The minimum Gasteiger partial charge on any atom is -0.477 e.